The van der Waals surface area contributed by atoms with Crippen molar-refractivity contribution in [2.24, 2.45) is 0 Å². The summed E-state index contributed by atoms with van der Waals surface area (Å²) in [5.74, 6) is 1.88. The molecule has 1 aliphatic rings. The van der Waals surface area contributed by atoms with Gasteiger partial charge in [-0.05, 0) is 67.0 Å². The van der Waals surface area contributed by atoms with Crippen molar-refractivity contribution in [2.45, 2.75) is 45.6 Å². The molecule has 32 heavy (non-hydrogen) atoms. The number of carbonyl (C=O) groups is 1. The Morgan fingerprint density at radius 2 is 1.91 bits per heavy atom. The first kappa shape index (κ1) is 22.0. The summed E-state index contributed by atoms with van der Waals surface area (Å²) >= 11 is 0. The maximum atomic E-state index is 13.5. The number of nitrogen functional groups attached to an aromatic ring is 1. The number of methoxy groups -OCH3 is 1. The number of H-pyrrole nitrogens is 1. The van der Waals surface area contributed by atoms with Gasteiger partial charge in [-0.2, -0.15) is 0 Å². The van der Waals surface area contributed by atoms with Gasteiger partial charge in [0, 0.05) is 37.0 Å². The second kappa shape index (κ2) is 9.53. The third kappa shape index (κ3) is 4.53. The highest BCUT2D eigenvalue weighted by Gasteiger charge is 2.26. The number of nitrogens with one attached hydrogen (secondary N) is 1. The molecule has 0 saturated carbocycles. The molecule has 1 aromatic heterocycles. The maximum absolute atomic E-state index is 13.5. The molecule has 0 spiro atoms. The van der Waals surface area contributed by atoms with E-state index in [4.69, 9.17) is 10.5 Å². The minimum atomic E-state index is 0.0930. The molecule has 0 radical (unpaired) electrons. The van der Waals surface area contributed by atoms with E-state index in [-0.39, 0.29) is 5.91 Å². The van der Waals surface area contributed by atoms with Gasteiger partial charge in [-0.25, -0.2) is 0 Å². The molecule has 0 aliphatic carbocycles. The zero-order valence-corrected chi connectivity index (χ0v) is 19.0. The van der Waals surface area contributed by atoms with Gasteiger partial charge in [0.1, 0.15) is 6.61 Å². The molecule has 7 nitrogen and oxygen atoms in total. The molecule has 3 aromatic rings. The summed E-state index contributed by atoms with van der Waals surface area (Å²) in [4.78, 5) is 18.7. The standard InChI is InChI=1S/C25H31N5O2/c1-4-17-13-16(2)21(24-27-23(15-32-3)28-29-24)14-22(17)25(31)30-11-9-19(10-12-30)18-5-7-20(26)8-6-18/h5-8,13-14,19H,4,9-12,15,26H2,1-3H3,(H,27,28,29). The van der Waals surface area contributed by atoms with Crippen LogP contribution in [0, 0.1) is 6.92 Å². The Balaban J connectivity index is 1.54. The van der Waals surface area contributed by atoms with Crippen LogP contribution in [0.5, 0.6) is 0 Å². The zero-order chi connectivity index (χ0) is 22.7. The van der Waals surface area contributed by atoms with Crippen LogP contribution in [-0.4, -0.2) is 46.2 Å². The van der Waals surface area contributed by atoms with Crippen molar-refractivity contribution in [1.82, 2.24) is 20.1 Å². The van der Waals surface area contributed by atoms with Crippen LogP contribution in [-0.2, 0) is 17.8 Å². The van der Waals surface area contributed by atoms with Crippen molar-refractivity contribution >= 4 is 11.6 Å². The molecule has 2 aromatic carbocycles. The molecule has 168 valence electrons. The lowest BCUT2D eigenvalue weighted by Gasteiger charge is -2.33. The SMILES string of the molecule is CCc1cc(C)c(-c2nnc(COC)[nH]2)cc1C(=O)N1CCC(c2ccc(N)cc2)CC1. The van der Waals surface area contributed by atoms with E-state index in [0.29, 0.717) is 24.2 Å². The fraction of sp³-hybridized carbons (Fsp3) is 0.400. The highest BCUT2D eigenvalue weighted by Crippen LogP contribution is 2.31. The first-order valence-corrected chi connectivity index (χ1v) is 11.2. The molecule has 4 rings (SSSR count). The number of ether oxygens (including phenoxy) is 1. The molecule has 7 heteroatoms. The quantitative estimate of drug-likeness (QED) is 0.571. The number of aromatic nitrogens is 3. The van der Waals surface area contributed by atoms with E-state index in [2.05, 4.69) is 40.3 Å². The van der Waals surface area contributed by atoms with E-state index in [9.17, 15) is 4.79 Å². The number of nitrogens with zero attached hydrogens (tertiary/aromatic N) is 3. The number of hydrogen-bond donors (Lipinski definition) is 2. The molecule has 1 amide bonds. The summed E-state index contributed by atoms with van der Waals surface area (Å²) in [6.45, 7) is 6.00. The van der Waals surface area contributed by atoms with Crippen LogP contribution in [0.4, 0.5) is 5.69 Å². The lowest BCUT2D eigenvalue weighted by molar-refractivity contribution is 0.0712. The number of nitrogens with two attached hydrogens (primary N) is 1. The van der Waals surface area contributed by atoms with Gasteiger partial charge in [-0.1, -0.05) is 25.1 Å². The molecular formula is C25H31N5O2. The Labute approximate surface area is 189 Å². The average Bonchev–Trinajstić information content (AvgIpc) is 3.27. The minimum Gasteiger partial charge on any atom is -0.399 e. The summed E-state index contributed by atoms with van der Waals surface area (Å²) in [6, 6.07) is 12.2. The van der Waals surface area contributed by atoms with Gasteiger partial charge >= 0.3 is 0 Å². The predicted octanol–water partition coefficient (Wildman–Crippen LogP) is 4.09. The monoisotopic (exact) mass is 433 g/mol. The third-order valence-electron chi connectivity index (χ3n) is 6.32. The number of rotatable bonds is 6. The van der Waals surface area contributed by atoms with Crippen molar-refractivity contribution in [2.75, 3.05) is 25.9 Å². The molecule has 2 heterocycles. The van der Waals surface area contributed by atoms with Crippen molar-refractivity contribution < 1.29 is 9.53 Å². The van der Waals surface area contributed by atoms with E-state index >= 15 is 0 Å². The summed E-state index contributed by atoms with van der Waals surface area (Å²) in [5, 5.41) is 8.40. The smallest absolute Gasteiger partial charge is 0.254 e. The number of anilines is 1. The Morgan fingerprint density at radius 1 is 1.19 bits per heavy atom. The second-order valence-corrected chi connectivity index (χ2v) is 8.46. The Bertz CT molecular complexity index is 1080. The molecule has 3 N–H and O–H groups in total. The van der Waals surface area contributed by atoms with E-state index in [1.165, 1.54) is 5.56 Å². The number of benzene rings is 2. The van der Waals surface area contributed by atoms with Gasteiger partial charge in [0.05, 0.1) is 0 Å². The summed E-state index contributed by atoms with van der Waals surface area (Å²) in [5.41, 5.74) is 11.7. The summed E-state index contributed by atoms with van der Waals surface area (Å²) < 4.78 is 5.13. The number of hydrogen-bond acceptors (Lipinski definition) is 5. The van der Waals surface area contributed by atoms with Crippen molar-refractivity contribution in [3.63, 3.8) is 0 Å². The van der Waals surface area contributed by atoms with E-state index in [1.54, 1.807) is 7.11 Å². The van der Waals surface area contributed by atoms with Crippen LogP contribution < -0.4 is 5.73 Å². The topological polar surface area (TPSA) is 97.1 Å². The van der Waals surface area contributed by atoms with Crippen LogP contribution in [0.3, 0.4) is 0 Å². The lowest BCUT2D eigenvalue weighted by Crippen LogP contribution is -2.38. The van der Waals surface area contributed by atoms with E-state index < -0.39 is 0 Å². The van der Waals surface area contributed by atoms with Gasteiger partial charge in [-0.3, -0.25) is 4.79 Å². The molecule has 1 aliphatic heterocycles. The molecule has 1 fully saturated rings. The van der Waals surface area contributed by atoms with E-state index in [1.807, 2.05) is 30.0 Å². The minimum absolute atomic E-state index is 0.0930. The van der Waals surface area contributed by atoms with Gasteiger partial charge in [0.15, 0.2) is 11.6 Å². The number of amides is 1. The molecule has 1 saturated heterocycles. The summed E-state index contributed by atoms with van der Waals surface area (Å²) in [6.07, 6.45) is 2.71. The number of likely N-dealkylation sites (tertiary alicyclic amines) is 1. The van der Waals surface area contributed by atoms with Crippen LogP contribution >= 0.6 is 0 Å². The first-order chi connectivity index (χ1) is 15.5. The zero-order valence-electron chi connectivity index (χ0n) is 19.0. The average molecular weight is 434 g/mol. The van der Waals surface area contributed by atoms with Gasteiger partial charge in [0.25, 0.3) is 5.91 Å². The second-order valence-electron chi connectivity index (χ2n) is 8.46. The largest absolute Gasteiger partial charge is 0.399 e. The molecule has 0 atom stereocenters. The molecule has 0 unspecified atom stereocenters. The third-order valence-corrected chi connectivity index (χ3v) is 6.32. The Hall–Kier alpha value is -3.19. The fourth-order valence-corrected chi connectivity index (χ4v) is 4.49. The van der Waals surface area contributed by atoms with Crippen LogP contribution in [0.25, 0.3) is 11.4 Å². The Kier molecular flexibility index (Phi) is 6.55. The van der Waals surface area contributed by atoms with Gasteiger partial charge in [0.2, 0.25) is 0 Å². The summed E-state index contributed by atoms with van der Waals surface area (Å²) in [7, 11) is 1.62. The van der Waals surface area contributed by atoms with Crippen LogP contribution in [0.2, 0.25) is 0 Å². The number of aryl methyl sites for hydroxylation is 2. The Morgan fingerprint density at radius 3 is 2.56 bits per heavy atom. The number of aromatic amines is 1. The van der Waals surface area contributed by atoms with Crippen molar-refractivity contribution in [1.29, 1.82) is 0 Å². The van der Waals surface area contributed by atoms with Gasteiger partial charge in [-0.15, -0.1) is 10.2 Å². The fourth-order valence-electron chi connectivity index (χ4n) is 4.49. The highest BCUT2D eigenvalue weighted by atomic mass is 16.5. The number of carbonyl (C=O) groups excluding carboxylic acids is 1. The normalized spacial score (nSPS) is 14.7. The van der Waals surface area contributed by atoms with Crippen LogP contribution in [0.1, 0.15) is 58.6 Å². The lowest BCUT2D eigenvalue weighted by atomic mass is 9.88. The predicted molar refractivity (Wildman–Crippen MR) is 125 cm³/mol. The van der Waals surface area contributed by atoms with Crippen molar-refractivity contribution in [3.05, 3.63) is 64.5 Å². The molecular weight excluding hydrogens is 402 g/mol. The van der Waals surface area contributed by atoms with Crippen molar-refractivity contribution in [3.8, 4) is 11.4 Å². The maximum Gasteiger partial charge on any atom is 0.254 e. The molecule has 0 bridgehead atoms. The van der Waals surface area contributed by atoms with E-state index in [0.717, 1.165) is 60.3 Å². The van der Waals surface area contributed by atoms with Gasteiger partial charge < -0.3 is 20.4 Å². The number of piperidine rings is 1. The van der Waals surface area contributed by atoms with Crippen LogP contribution in [0.15, 0.2) is 36.4 Å². The highest BCUT2D eigenvalue weighted by molar-refractivity contribution is 5.97. The first-order valence-electron chi connectivity index (χ1n) is 11.2.